The standard InChI is InChI=1S/C20H16N4O4S/c1-27-15-8-6-13(7-9-15)19-21-14(11-29-19)10-18(25)28-12-24-20(26)16-4-2-3-5-17(16)22-23-24/h2-9,11H,10,12H2,1H3. The Morgan fingerprint density at radius 3 is 2.72 bits per heavy atom. The van der Waals surface area contributed by atoms with Gasteiger partial charge in [0.15, 0.2) is 6.73 Å². The third-order valence-electron chi connectivity index (χ3n) is 4.19. The van der Waals surface area contributed by atoms with Gasteiger partial charge in [0.1, 0.15) is 16.3 Å². The van der Waals surface area contributed by atoms with Gasteiger partial charge in [-0.3, -0.25) is 9.59 Å². The molecule has 2 aromatic carbocycles. The molecule has 2 heterocycles. The van der Waals surface area contributed by atoms with Crippen molar-refractivity contribution in [3.63, 3.8) is 0 Å². The Morgan fingerprint density at radius 1 is 1.14 bits per heavy atom. The van der Waals surface area contributed by atoms with Crippen LogP contribution in [0.1, 0.15) is 5.69 Å². The highest BCUT2D eigenvalue weighted by Gasteiger charge is 2.12. The zero-order chi connectivity index (χ0) is 20.2. The lowest BCUT2D eigenvalue weighted by Crippen LogP contribution is -2.26. The number of ether oxygens (including phenoxy) is 2. The molecule has 0 radical (unpaired) electrons. The van der Waals surface area contributed by atoms with Crippen molar-refractivity contribution in [2.75, 3.05) is 7.11 Å². The summed E-state index contributed by atoms with van der Waals surface area (Å²) >= 11 is 1.44. The molecule has 146 valence electrons. The molecule has 0 bridgehead atoms. The quantitative estimate of drug-likeness (QED) is 0.453. The van der Waals surface area contributed by atoms with E-state index in [2.05, 4.69) is 15.3 Å². The van der Waals surface area contributed by atoms with Gasteiger partial charge in [0.2, 0.25) is 0 Å². The highest BCUT2D eigenvalue weighted by Crippen LogP contribution is 2.25. The van der Waals surface area contributed by atoms with E-state index in [0.29, 0.717) is 16.6 Å². The Hall–Kier alpha value is -3.59. The number of rotatable bonds is 6. The largest absolute Gasteiger partial charge is 0.497 e. The number of aromatic nitrogens is 4. The van der Waals surface area contributed by atoms with Crippen molar-refractivity contribution in [3.8, 4) is 16.3 Å². The highest BCUT2D eigenvalue weighted by atomic mass is 32.1. The summed E-state index contributed by atoms with van der Waals surface area (Å²) < 4.78 is 11.3. The Balaban J connectivity index is 1.40. The molecule has 0 spiro atoms. The van der Waals surface area contributed by atoms with Crippen molar-refractivity contribution < 1.29 is 14.3 Å². The minimum atomic E-state index is -0.501. The molecule has 2 aromatic heterocycles. The average Bonchev–Trinajstić information content (AvgIpc) is 3.22. The summed E-state index contributed by atoms with van der Waals surface area (Å²) in [7, 11) is 1.61. The van der Waals surface area contributed by atoms with Gasteiger partial charge in [0.25, 0.3) is 5.56 Å². The van der Waals surface area contributed by atoms with Crippen LogP contribution in [0.15, 0.2) is 58.7 Å². The van der Waals surface area contributed by atoms with E-state index in [4.69, 9.17) is 9.47 Å². The number of fused-ring (bicyclic) bond motifs is 1. The topological polar surface area (TPSA) is 96.2 Å². The average molecular weight is 408 g/mol. The van der Waals surface area contributed by atoms with Gasteiger partial charge >= 0.3 is 5.97 Å². The lowest BCUT2D eigenvalue weighted by Gasteiger charge is -2.06. The normalized spacial score (nSPS) is 10.8. The first-order valence-corrected chi connectivity index (χ1v) is 9.59. The lowest BCUT2D eigenvalue weighted by molar-refractivity contribution is -0.147. The van der Waals surface area contributed by atoms with Crippen molar-refractivity contribution in [1.82, 2.24) is 20.0 Å². The van der Waals surface area contributed by atoms with Crippen LogP contribution in [-0.2, 0) is 22.7 Å². The SMILES string of the molecule is COc1ccc(-c2nc(CC(=O)OCn3nnc4ccccc4c3=O)cs2)cc1. The second-order valence-electron chi connectivity index (χ2n) is 6.11. The molecule has 9 heteroatoms. The molecule has 0 aliphatic carbocycles. The minimum absolute atomic E-state index is 0.00240. The van der Waals surface area contributed by atoms with Crippen LogP contribution in [0, 0.1) is 0 Å². The van der Waals surface area contributed by atoms with E-state index in [1.165, 1.54) is 11.3 Å². The van der Waals surface area contributed by atoms with Gasteiger partial charge < -0.3 is 9.47 Å². The third kappa shape index (κ3) is 4.14. The number of esters is 1. The Bertz CT molecular complexity index is 1220. The second kappa shape index (κ2) is 8.19. The summed E-state index contributed by atoms with van der Waals surface area (Å²) in [5.74, 6) is 0.263. The molecule has 0 aliphatic heterocycles. The van der Waals surface area contributed by atoms with E-state index in [1.54, 1.807) is 31.4 Å². The molecule has 29 heavy (non-hydrogen) atoms. The smallest absolute Gasteiger partial charge is 0.313 e. The number of hydrogen-bond acceptors (Lipinski definition) is 8. The molecule has 0 aliphatic rings. The monoisotopic (exact) mass is 408 g/mol. The molecule has 0 unspecified atom stereocenters. The van der Waals surface area contributed by atoms with E-state index in [9.17, 15) is 9.59 Å². The van der Waals surface area contributed by atoms with E-state index in [0.717, 1.165) is 21.0 Å². The Kier molecular flexibility index (Phi) is 5.30. The molecule has 0 saturated heterocycles. The van der Waals surface area contributed by atoms with Gasteiger partial charge in [0, 0.05) is 10.9 Å². The minimum Gasteiger partial charge on any atom is -0.497 e. The molecular formula is C20H16N4O4S. The molecule has 4 aromatic rings. The number of nitrogens with zero attached hydrogens (tertiary/aromatic N) is 4. The summed E-state index contributed by atoms with van der Waals surface area (Å²) in [6.45, 7) is -0.301. The fourth-order valence-electron chi connectivity index (χ4n) is 2.69. The van der Waals surface area contributed by atoms with Gasteiger partial charge in [-0.25, -0.2) is 4.98 Å². The molecule has 8 nitrogen and oxygen atoms in total. The predicted molar refractivity (Wildman–Crippen MR) is 108 cm³/mol. The van der Waals surface area contributed by atoms with E-state index < -0.39 is 5.97 Å². The summed E-state index contributed by atoms with van der Waals surface area (Å²) in [6, 6.07) is 14.4. The first-order valence-electron chi connectivity index (χ1n) is 8.71. The predicted octanol–water partition coefficient (Wildman–Crippen LogP) is 2.67. The maximum absolute atomic E-state index is 12.4. The van der Waals surface area contributed by atoms with Crippen LogP contribution >= 0.6 is 11.3 Å². The van der Waals surface area contributed by atoms with Gasteiger partial charge in [-0.1, -0.05) is 17.3 Å². The van der Waals surface area contributed by atoms with Crippen LogP contribution in [0.25, 0.3) is 21.5 Å². The van der Waals surface area contributed by atoms with E-state index in [-0.39, 0.29) is 18.7 Å². The third-order valence-corrected chi connectivity index (χ3v) is 5.13. The molecule has 0 saturated carbocycles. The van der Waals surface area contributed by atoms with Gasteiger partial charge in [-0.2, -0.15) is 4.68 Å². The van der Waals surface area contributed by atoms with Crippen LogP contribution in [0.4, 0.5) is 0 Å². The van der Waals surface area contributed by atoms with Crippen LogP contribution in [0.5, 0.6) is 5.75 Å². The first kappa shape index (κ1) is 18.8. The van der Waals surface area contributed by atoms with Crippen molar-refractivity contribution in [3.05, 3.63) is 70.0 Å². The van der Waals surface area contributed by atoms with Crippen LogP contribution in [0.2, 0.25) is 0 Å². The Morgan fingerprint density at radius 2 is 1.93 bits per heavy atom. The van der Waals surface area contributed by atoms with Crippen molar-refractivity contribution >= 4 is 28.2 Å². The summed E-state index contributed by atoms with van der Waals surface area (Å²) in [5.41, 5.74) is 1.67. The zero-order valence-corrected chi connectivity index (χ0v) is 16.3. The number of hydrogen-bond donors (Lipinski definition) is 0. The van der Waals surface area contributed by atoms with Crippen molar-refractivity contribution in [2.24, 2.45) is 0 Å². The molecule has 0 atom stereocenters. The molecule has 4 rings (SSSR count). The number of thiazole rings is 1. The summed E-state index contributed by atoms with van der Waals surface area (Å²) in [5, 5.41) is 10.8. The highest BCUT2D eigenvalue weighted by molar-refractivity contribution is 7.13. The van der Waals surface area contributed by atoms with Crippen molar-refractivity contribution in [1.29, 1.82) is 0 Å². The first-order chi connectivity index (χ1) is 14.1. The fraction of sp³-hybridized carbons (Fsp3) is 0.150. The van der Waals surface area contributed by atoms with E-state index >= 15 is 0 Å². The Labute approximate surface area is 169 Å². The van der Waals surface area contributed by atoms with Crippen LogP contribution in [-0.4, -0.2) is 33.1 Å². The maximum Gasteiger partial charge on any atom is 0.313 e. The molecule has 0 fully saturated rings. The summed E-state index contributed by atoms with van der Waals surface area (Å²) in [4.78, 5) is 29.0. The molecular weight excluding hydrogens is 392 g/mol. The summed E-state index contributed by atoms with van der Waals surface area (Å²) in [6.07, 6.45) is 0.00240. The van der Waals surface area contributed by atoms with Crippen LogP contribution in [0.3, 0.4) is 0 Å². The molecule has 0 N–H and O–H groups in total. The van der Waals surface area contributed by atoms with Gasteiger partial charge in [-0.15, -0.1) is 16.4 Å². The number of carbonyl (C=O) groups is 1. The number of benzene rings is 2. The fourth-order valence-corrected chi connectivity index (χ4v) is 3.52. The number of methoxy groups -OCH3 is 1. The zero-order valence-electron chi connectivity index (χ0n) is 15.4. The second-order valence-corrected chi connectivity index (χ2v) is 6.96. The van der Waals surface area contributed by atoms with Gasteiger partial charge in [-0.05, 0) is 36.4 Å². The van der Waals surface area contributed by atoms with Gasteiger partial charge in [0.05, 0.1) is 24.6 Å². The number of carbonyl (C=O) groups excluding carboxylic acids is 1. The van der Waals surface area contributed by atoms with Crippen molar-refractivity contribution in [2.45, 2.75) is 13.2 Å². The maximum atomic E-state index is 12.4. The lowest BCUT2D eigenvalue weighted by atomic mass is 10.2. The molecule has 0 amide bonds. The van der Waals surface area contributed by atoms with E-state index in [1.807, 2.05) is 29.6 Å². The van der Waals surface area contributed by atoms with Crippen LogP contribution < -0.4 is 10.3 Å².